The van der Waals surface area contributed by atoms with Crippen molar-refractivity contribution in [2.45, 2.75) is 0 Å². The van der Waals surface area contributed by atoms with Crippen molar-refractivity contribution in [2.24, 2.45) is 0 Å². The Morgan fingerprint density at radius 3 is 2.77 bits per heavy atom. The van der Waals surface area contributed by atoms with E-state index in [4.69, 9.17) is 4.74 Å². The molecule has 22 heavy (non-hydrogen) atoms. The molecular formula is C16H14FN3OS. The number of fused-ring (bicyclic) bond motifs is 1. The van der Waals surface area contributed by atoms with E-state index >= 15 is 0 Å². The number of anilines is 1. The maximum atomic E-state index is 13.3. The highest BCUT2D eigenvalue weighted by Gasteiger charge is 2.13. The fourth-order valence-electron chi connectivity index (χ4n) is 2.51. The number of hydrogen-bond acceptors (Lipinski definition) is 5. The molecule has 3 aromatic rings. The highest BCUT2D eigenvalue weighted by molar-refractivity contribution is 7.21. The SMILES string of the molecule is Fc1ccc2nc(-c3ccc(N4CCOCC4)nc3)sc2c1. The Hall–Kier alpha value is -2.05. The van der Waals surface area contributed by atoms with Crippen molar-refractivity contribution in [3.05, 3.63) is 42.3 Å². The van der Waals surface area contributed by atoms with Gasteiger partial charge in [-0.2, -0.15) is 0 Å². The average Bonchev–Trinajstić information content (AvgIpc) is 2.99. The van der Waals surface area contributed by atoms with Gasteiger partial charge in [0, 0.05) is 24.8 Å². The lowest BCUT2D eigenvalue weighted by Crippen LogP contribution is -2.36. The number of halogens is 1. The van der Waals surface area contributed by atoms with Crippen LogP contribution in [0.15, 0.2) is 36.5 Å². The molecule has 0 atom stereocenters. The molecule has 3 heterocycles. The zero-order valence-corrected chi connectivity index (χ0v) is 12.6. The molecule has 0 unspecified atom stereocenters. The van der Waals surface area contributed by atoms with Crippen molar-refractivity contribution in [1.29, 1.82) is 0 Å². The lowest BCUT2D eigenvalue weighted by Gasteiger charge is -2.27. The molecule has 4 nitrogen and oxygen atoms in total. The second-order valence-electron chi connectivity index (χ2n) is 5.14. The van der Waals surface area contributed by atoms with Gasteiger partial charge in [0.1, 0.15) is 16.6 Å². The molecule has 0 bridgehead atoms. The normalized spacial score (nSPS) is 15.4. The maximum Gasteiger partial charge on any atom is 0.128 e. The van der Waals surface area contributed by atoms with Gasteiger partial charge in [0.25, 0.3) is 0 Å². The van der Waals surface area contributed by atoms with Crippen LogP contribution in [0, 0.1) is 5.82 Å². The van der Waals surface area contributed by atoms with Gasteiger partial charge in [-0.1, -0.05) is 0 Å². The van der Waals surface area contributed by atoms with E-state index in [9.17, 15) is 4.39 Å². The number of benzene rings is 1. The van der Waals surface area contributed by atoms with Crippen molar-refractivity contribution in [3.63, 3.8) is 0 Å². The predicted octanol–water partition coefficient (Wildman–Crippen LogP) is 3.33. The van der Waals surface area contributed by atoms with E-state index in [1.54, 1.807) is 6.07 Å². The van der Waals surface area contributed by atoms with Gasteiger partial charge >= 0.3 is 0 Å². The summed E-state index contributed by atoms with van der Waals surface area (Å²) >= 11 is 1.48. The van der Waals surface area contributed by atoms with Crippen LogP contribution in [-0.2, 0) is 4.74 Å². The van der Waals surface area contributed by atoms with Gasteiger partial charge in [-0.05, 0) is 30.3 Å². The standard InChI is InChI=1S/C16H14FN3OS/c17-12-2-3-13-14(9-12)22-16(19-13)11-1-4-15(18-10-11)20-5-7-21-8-6-20/h1-4,9-10H,5-8H2. The lowest BCUT2D eigenvalue weighted by molar-refractivity contribution is 0.122. The quantitative estimate of drug-likeness (QED) is 0.727. The number of rotatable bonds is 2. The molecule has 0 spiro atoms. The molecule has 1 saturated heterocycles. The molecular weight excluding hydrogens is 301 g/mol. The van der Waals surface area contributed by atoms with Crippen LogP contribution in [0.4, 0.5) is 10.2 Å². The molecule has 1 aromatic carbocycles. The molecule has 0 N–H and O–H groups in total. The van der Waals surface area contributed by atoms with Crippen LogP contribution in [0.2, 0.25) is 0 Å². The highest BCUT2D eigenvalue weighted by Crippen LogP contribution is 2.30. The number of ether oxygens (including phenoxy) is 1. The Balaban J connectivity index is 1.63. The summed E-state index contributed by atoms with van der Waals surface area (Å²) in [7, 11) is 0. The summed E-state index contributed by atoms with van der Waals surface area (Å²) in [6.45, 7) is 3.22. The zero-order chi connectivity index (χ0) is 14.9. The fourth-order valence-corrected chi connectivity index (χ4v) is 3.49. The number of hydrogen-bond donors (Lipinski definition) is 0. The number of morpholine rings is 1. The summed E-state index contributed by atoms with van der Waals surface area (Å²) in [5.74, 6) is 0.725. The van der Waals surface area contributed by atoms with Crippen molar-refractivity contribution in [3.8, 4) is 10.6 Å². The third-order valence-corrected chi connectivity index (χ3v) is 4.75. The molecule has 1 fully saturated rings. The van der Waals surface area contributed by atoms with E-state index in [1.165, 1.54) is 23.5 Å². The van der Waals surface area contributed by atoms with Gasteiger partial charge in [0.2, 0.25) is 0 Å². The first-order valence-corrected chi connectivity index (χ1v) is 7.96. The van der Waals surface area contributed by atoms with Crippen LogP contribution in [0.25, 0.3) is 20.8 Å². The molecule has 1 aliphatic heterocycles. The van der Waals surface area contributed by atoms with E-state index < -0.39 is 0 Å². The highest BCUT2D eigenvalue weighted by atomic mass is 32.1. The first-order chi connectivity index (χ1) is 10.8. The molecule has 2 aromatic heterocycles. The number of pyridine rings is 1. The Labute approximate surface area is 131 Å². The number of thiazole rings is 1. The van der Waals surface area contributed by atoms with Crippen LogP contribution >= 0.6 is 11.3 Å². The summed E-state index contributed by atoms with van der Waals surface area (Å²) in [5.41, 5.74) is 1.78. The monoisotopic (exact) mass is 315 g/mol. The van der Waals surface area contributed by atoms with Gasteiger partial charge < -0.3 is 9.64 Å². The summed E-state index contributed by atoms with van der Waals surface area (Å²) in [4.78, 5) is 11.3. The minimum atomic E-state index is -0.233. The lowest BCUT2D eigenvalue weighted by atomic mass is 10.3. The summed E-state index contributed by atoms with van der Waals surface area (Å²) in [5, 5.41) is 0.863. The molecule has 112 valence electrons. The first kappa shape index (κ1) is 13.6. The van der Waals surface area contributed by atoms with E-state index in [0.717, 1.165) is 52.9 Å². The molecule has 0 amide bonds. The van der Waals surface area contributed by atoms with E-state index in [1.807, 2.05) is 18.3 Å². The van der Waals surface area contributed by atoms with Crippen LogP contribution in [0.1, 0.15) is 0 Å². The topological polar surface area (TPSA) is 38.2 Å². The van der Waals surface area contributed by atoms with Crippen LogP contribution < -0.4 is 4.90 Å². The number of aromatic nitrogens is 2. The van der Waals surface area contributed by atoms with Crippen molar-refractivity contribution >= 4 is 27.4 Å². The summed E-state index contributed by atoms with van der Waals surface area (Å²) < 4.78 is 19.5. The fraction of sp³-hybridized carbons (Fsp3) is 0.250. The molecule has 6 heteroatoms. The Bertz CT molecular complexity index is 797. The van der Waals surface area contributed by atoms with Gasteiger partial charge in [-0.25, -0.2) is 14.4 Å². The van der Waals surface area contributed by atoms with Crippen LogP contribution in [-0.4, -0.2) is 36.3 Å². The minimum absolute atomic E-state index is 0.233. The molecule has 4 rings (SSSR count). The van der Waals surface area contributed by atoms with Gasteiger partial charge in [0.15, 0.2) is 0 Å². The third kappa shape index (κ3) is 2.55. The van der Waals surface area contributed by atoms with E-state index in [2.05, 4.69) is 14.9 Å². The molecule has 1 aliphatic rings. The van der Waals surface area contributed by atoms with Gasteiger partial charge in [0.05, 0.1) is 23.4 Å². The van der Waals surface area contributed by atoms with Crippen molar-refractivity contribution in [2.75, 3.05) is 31.2 Å². The first-order valence-electron chi connectivity index (χ1n) is 7.15. The Kier molecular flexibility index (Phi) is 3.48. The van der Waals surface area contributed by atoms with Gasteiger partial charge in [-0.15, -0.1) is 11.3 Å². The van der Waals surface area contributed by atoms with E-state index in [-0.39, 0.29) is 5.82 Å². The van der Waals surface area contributed by atoms with Gasteiger partial charge in [-0.3, -0.25) is 0 Å². The summed E-state index contributed by atoms with van der Waals surface area (Å²) in [6.07, 6.45) is 1.83. The Morgan fingerprint density at radius 1 is 1.14 bits per heavy atom. The molecule has 0 aliphatic carbocycles. The smallest absolute Gasteiger partial charge is 0.128 e. The van der Waals surface area contributed by atoms with Crippen LogP contribution in [0.5, 0.6) is 0 Å². The number of nitrogens with zero attached hydrogens (tertiary/aromatic N) is 3. The second kappa shape index (κ2) is 5.62. The zero-order valence-electron chi connectivity index (χ0n) is 11.8. The molecule has 0 radical (unpaired) electrons. The third-order valence-electron chi connectivity index (χ3n) is 3.68. The Morgan fingerprint density at radius 2 is 2.00 bits per heavy atom. The summed E-state index contributed by atoms with van der Waals surface area (Å²) in [6, 6.07) is 8.69. The predicted molar refractivity (Wildman–Crippen MR) is 85.8 cm³/mol. The average molecular weight is 315 g/mol. The van der Waals surface area contributed by atoms with Crippen molar-refractivity contribution in [1.82, 2.24) is 9.97 Å². The van der Waals surface area contributed by atoms with E-state index in [0.29, 0.717) is 0 Å². The van der Waals surface area contributed by atoms with Crippen LogP contribution in [0.3, 0.4) is 0 Å². The molecule has 0 saturated carbocycles. The largest absolute Gasteiger partial charge is 0.378 e. The maximum absolute atomic E-state index is 13.3. The van der Waals surface area contributed by atoms with Crippen molar-refractivity contribution < 1.29 is 9.13 Å². The minimum Gasteiger partial charge on any atom is -0.378 e. The second-order valence-corrected chi connectivity index (χ2v) is 6.17.